The van der Waals surface area contributed by atoms with Crippen molar-refractivity contribution < 1.29 is 9.84 Å². The molecule has 1 unspecified atom stereocenters. The summed E-state index contributed by atoms with van der Waals surface area (Å²) in [5.41, 5.74) is 6.71. The molecule has 0 aliphatic carbocycles. The fraction of sp³-hybridized carbons (Fsp3) is 0.571. The van der Waals surface area contributed by atoms with Crippen LogP contribution in [0.2, 0.25) is 0 Å². The molecule has 1 aromatic rings. The Morgan fingerprint density at radius 2 is 1.94 bits per heavy atom. The monoisotopic (exact) mass is 237 g/mol. The van der Waals surface area contributed by atoms with E-state index in [9.17, 15) is 5.11 Å². The molecule has 0 saturated heterocycles. The molecule has 0 fully saturated rings. The Labute approximate surface area is 104 Å². The van der Waals surface area contributed by atoms with Gasteiger partial charge in [-0.1, -0.05) is 44.2 Å². The van der Waals surface area contributed by atoms with E-state index in [1.807, 2.05) is 44.2 Å². The van der Waals surface area contributed by atoms with Crippen molar-refractivity contribution in [2.24, 2.45) is 11.1 Å². The first-order chi connectivity index (χ1) is 8.03. The molecule has 1 rings (SSSR count). The number of hydrogen-bond donors (Lipinski definition) is 2. The lowest BCUT2D eigenvalue weighted by Gasteiger charge is -2.25. The highest BCUT2D eigenvalue weighted by molar-refractivity contribution is 5.13. The predicted molar refractivity (Wildman–Crippen MR) is 69.6 cm³/mol. The van der Waals surface area contributed by atoms with Crippen LogP contribution in [-0.4, -0.2) is 24.4 Å². The van der Waals surface area contributed by atoms with Crippen molar-refractivity contribution in [3.8, 4) is 0 Å². The Morgan fingerprint density at radius 3 is 2.53 bits per heavy atom. The summed E-state index contributed by atoms with van der Waals surface area (Å²) in [4.78, 5) is 0. The molecule has 3 heteroatoms. The zero-order valence-electron chi connectivity index (χ0n) is 10.7. The number of aliphatic hydroxyl groups is 1. The van der Waals surface area contributed by atoms with Gasteiger partial charge in [-0.3, -0.25) is 0 Å². The van der Waals surface area contributed by atoms with Crippen LogP contribution in [0, 0.1) is 5.41 Å². The second-order valence-electron chi connectivity index (χ2n) is 5.23. The van der Waals surface area contributed by atoms with Gasteiger partial charge in [0.05, 0.1) is 19.3 Å². The molecule has 17 heavy (non-hydrogen) atoms. The van der Waals surface area contributed by atoms with Crippen LogP contribution >= 0.6 is 0 Å². The summed E-state index contributed by atoms with van der Waals surface area (Å²) in [6, 6.07) is 9.95. The van der Waals surface area contributed by atoms with Gasteiger partial charge in [0, 0.05) is 0 Å². The van der Waals surface area contributed by atoms with Crippen molar-refractivity contribution in [3.05, 3.63) is 35.9 Å². The van der Waals surface area contributed by atoms with E-state index in [4.69, 9.17) is 10.5 Å². The molecule has 1 atom stereocenters. The van der Waals surface area contributed by atoms with E-state index in [1.165, 1.54) is 0 Å². The number of hydrogen-bond acceptors (Lipinski definition) is 3. The predicted octanol–water partition coefficient (Wildman–Crippen LogP) is 1.94. The van der Waals surface area contributed by atoms with Crippen molar-refractivity contribution in [1.82, 2.24) is 0 Å². The van der Waals surface area contributed by atoms with Gasteiger partial charge in [-0.2, -0.15) is 0 Å². The first-order valence-electron chi connectivity index (χ1n) is 6.03. The molecule has 0 amide bonds. The van der Waals surface area contributed by atoms with E-state index >= 15 is 0 Å². The first kappa shape index (κ1) is 14.2. The van der Waals surface area contributed by atoms with Crippen molar-refractivity contribution in [2.75, 3.05) is 13.2 Å². The number of benzene rings is 1. The van der Waals surface area contributed by atoms with Gasteiger partial charge in [0.25, 0.3) is 0 Å². The average Bonchev–Trinajstić information content (AvgIpc) is 2.30. The molecule has 0 bridgehead atoms. The number of rotatable bonds is 7. The molecule has 3 N–H and O–H groups in total. The second-order valence-corrected chi connectivity index (χ2v) is 5.23. The van der Waals surface area contributed by atoms with Gasteiger partial charge in [0.15, 0.2) is 0 Å². The number of aliphatic hydroxyl groups excluding tert-OH is 1. The van der Waals surface area contributed by atoms with Crippen LogP contribution < -0.4 is 5.73 Å². The third-order valence-electron chi connectivity index (χ3n) is 2.76. The van der Waals surface area contributed by atoms with Gasteiger partial charge in [-0.25, -0.2) is 0 Å². The number of ether oxygens (including phenoxy) is 1. The van der Waals surface area contributed by atoms with Crippen molar-refractivity contribution in [3.63, 3.8) is 0 Å². The van der Waals surface area contributed by atoms with Crippen LogP contribution in [0.5, 0.6) is 0 Å². The zero-order chi connectivity index (χ0) is 12.7. The van der Waals surface area contributed by atoms with Crippen LogP contribution in [0.1, 0.15) is 25.8 Å². The van der Waals surface area contributed by atoms with Crippen molar-refractivity contribution in [2.45, 2.75) is 33.0 Å². The van der Waals surface area contributed by atoms with Crippen LogP contribution in [0.3, 0.4) is 0 Å². The summed E-state index contributed by atoms with van der Waals surface area (Å²) in [7, 11) is 0. The molecule has 0 aliphatic rings. The molecule has 0 spiro atoms. The van der Waals surface area contributed by atoms with Gasteiger partial charge >= 0.3 is 0 Å². The summed E-state index contributed by atoms with van der Waals surface area (Å²) >= 11 is 0. The van der Waals surface area contributed by atoms with Gasteiger partial charge in [-0.05, 0) is 23.9 Å². The van der Waals surface area contributed by atoms with Crippen LogP contribution in [0.4, 0.5) is 0 Å². The lowest BCUT2D eigenvalue weighted by Crippen LogP contribution is -2.30. The molecule has 0 saturated carbocycles. The molecule has 3 nitrogen and oxygen atoms in total. The van der Waals surface area contributed by atoms with Gasteiger partial charge in [0.1, 0.15) is 0 Å². The molecule has 0 heterocycles. The molecule has 96 valence electrons. The zero-order valence-corrected chi connectivity index (χ0v) is 10.7. The smallest absolute Gasteiger partial charge is 0.0779 e. The third kappa shape index (κ3) is 5.82. The fourth-order valence-electron chi connectivity index (χ4n) is 1.67. The summed E-state index contributed by atoms with van der Waals surface area (Å²) in [6.07, 6.45) is 0.218. The molecule has 1 aromatic carbocycles. The Balaban J connectivity index is 2.23. The average molecular weight is 237 g/mol. The van der Waals surface area contributed by atoms with E-state index < -0.39 is 6.10 Å². The quantitative estimate of drug-likeness (QED) is 0.762. The third-order valence-corrected chi connectivity index (χ3v) is 2.76. The maximum Gasteiger partial charge on any atom is 0.0779 e. The van der Waals surface area contributed by atoms with Crippen LogP contribution in [0.15, 0.2) is 30.3 Å². The van der Waals surface area contributed by atoms with E-state index in [-0.39, 0.29) is 5.41 Å². The van der Waals surface area contributed by atoms with E-state index in [0.717, 1.165) is 5.56 Å². The normalized spacial score (nSPS) is 13.6. The van der Waals surface area contributed by atoms with E-state index in [2.05, 4.69) is 0 Å². The minimum absolute atomic E-state index is 0.0322. The molecule has 0 aromatic heterocycles. The summed E-state index contributed by atoms with van der Waals surface area (Å²) in [5, 5.41) is 9.81. The highest BCUT2D eigenvalue weighted by Crippen LogP contribution is 2.20. The number of nitrogens with two attached hydrogens (primary N) is 1. The Bertz CT molecular complexity index is 311. The lowest BCUT2D eigenvalue weighted by atomic mass is 9.87. The largest absolute Gasteiger partial charge is 0.391 e. The standard InChI is InChI=1S/C14H23NO2/c1-14(2,11-15)8-13(16)10-17-9-12-6-4-3-5-7-12/h3-7,13,16H,8-11,15H2,1-2H3. The lowest BCUT2D eigenvalue weighted by molar-refractivity contribution is 0.00801. The van der Waals surface area contributed by atoms with Gasteiger partial charge in [0.2, 0.25) is 0 Å². The van der Waals surface area contributed by atoms with Crippen molar-refractivity contribution in [1.29, 1.82) is 0 Å². The highest BCUT2D eigenvalue weighted by atomic mass is 16.5. The SMILES string of the molecule is CC(C)(CN)CC(O)COCc1ccccc1. The summed E-state index contributed by atoms with van der Waals surface area (Å²) in [5.74, 6) is 0. The van der Waals surface area contributed by atoms with Crippen LogP contribution in [0.25, 0.3) is 0 Å². The molecule has 0 radical (unpaired) electrons. The second kappa shape index (κ2) is 6.74. The maximum atomic E-state index is 9.81. The van der Waals surface area contributed by atoms with E-state index in [1.54, 1.807) is 0 Å². The van der Waals surface area contributed by atoms with Crippen LogP contribution in [-0.2, 0) is 11.3 Å². The van der Waals surface area contributed by atoms with Gasteiger partial charge < -0.3 is 15.6 Å². The maximum absolute atomic E-state index is 9.81. The molecular weight excluding hydrogens is 214 g/mol. The minimum atomic E-state index is -0.447. The Morgan fingerprint density at radius 1 is 1.29 bits per heavy atom. The highest BCUT2D eigenvalue weighted by Gasteiger charge is 2.20. The van der Waals surface area contributed by atoms with Gasteiger partial charge in [-0.15, -0.1) is 0 Å². The van der Waals surface area contributed by atoms with Crippen molar-refractivity contribution >= 4 is 0 Å². The van der Waals surface area contributed by atoms with E-state index in [0.29, 0.717) is 26.2 Å². The summed E-state index contributed by atoms with van der Waals surface area (Å²) < 4.78 is 5.48. The molecular formula is C14H23NO2. The fourth-order valence-corrected chi connectivity index (χ4v) is 1.67. The minimum Gasteiger partial charge on any atom is -0.391 e. The Kier molecular flexibility index (Phi) is 5.62. The topological polar surface area (TPSA) is 55.5 Å². The molecule has 0 aliphatic heterocycles. The first-order valence-corrected chi connectivity index (χ1v) is 6.03. The summed E-state index contributed by atoms with van der Waals surface area (Å²) in [6.45, 7) is 5.57. The Hall–Kier alpha value is -0.900.